The summed E-state index contributed by atoms with van der Waals surface area (Å²) in [5.74, 6) is -2.77. The summed E-state index contributed by atoms with van der Waals surface area (Å²) in [5, 5.41) is 17.6. The Morgan fingerprint density at radius 2 is 1.62 bits per heavy atom. The summed E-state index contributed by atoms with van der Waals surface area (Å²) in [6.45, 7) is 2.35. The van der Waals surface area contributed by atoms with E-state index in [2.05, 4.69) is 0 Å². The van der Waals surface area contributed by atoms with E-state index in [1.807, 2.05) is 6.92 Å². The zero-order valence-corrected chi connectivity index (χ0v) is 14.2. The lowest BCUT2D eigenvalue weighted by Crippen LogP contribution is -2.17. The van der Waals surface area contributed by atoms with Crippen LogP contribution in [0.15, 0.2) is 6.07 Å². The number of hydrogen-bond donors (Lipinski definition) is 2. The lowest BCUT2D eigenvalue weighted by atomic mass is 9.93. The molecule has 0 saturated heterocycles. The minimum absolute atomic E-state index is 0.0619. The number of alkyl halides is 1. The van der Waals surface area contributed by atoms with Crippen LogP contribution in [0.4, 0.5) is 0 Å². The number of aryl methyl sites for hydroxylation is 1. The SMILES string of the molecule is CCc1cc(OCC(=O)O)c(OCC(=O)O)c(CC)c1C(=O)CCl. The number of carboxylic acids is 2. The number of rotatable bonds is 10. The van der Waals surface area contributed by atoms with Crippen LogP contribution in [-0.2, 0) is 22.4 Å². The highest BCUT2D eigenvalue weighted by molar-refractivity contribution is 6.31. The van der Waals surface area contributed by atoms with Crippen molar-refractivity contribution in [2.75, 3.05) is 19.1 Å². The van der Waals surface area contributed by atoms with Crippen molar-refractivity contribution in [3.8, 4) is 11.5 Å². The predicted octanol–water partition coefficient (Wildman–Crippen LogP) is 2.16. The zero-order valence-electron chi connectivity index (χ0n) is 13.4. The first-order chi connectivity index (χ1) is 11.3. The molecule has 0 bridgehead atoms. The highest BCUT2D eigenvalue weighted by Crippen LogP contribution is 2.37. The van der Waals surface area contributed by atoms with Crippen molar-refractivity contribution < 1.29 is 34.1 Å². The van der Waals surface area contributed by atoms with Crippen LogP contribution in [0.2, 0.25) is 0 Å². The summed E-state index contributed by atoms with van der Waals surface area (Å²) >= 11 is 5.67. The van der Waals surface area contributed by atoms with Gasteiger partial charge in [0.1, 0.15) is 0 Å². The van der Waals surface area contributed by atoms with Crippen molar-refractivity contribution >= 4 is 29.3 Å². The first-order valence-corrected chi connectivity index (χ1v) is 7.86. The number of benzene rings is 1. The fourth-order valence-electron chi connectivity index (χ4n) is 2.32. The highest BCUT2D eigenvalue weighted by Gasteiger charge is 2.23. The maximum Gasteiger partial charge on any atom is 0.341 e. The first-order valence-electron chi connectivity index (χ1n) is 7.32. The van der Waals surface area contributed by atoms with Crippen molar-refractivity contribution in [3.05, 3.63) is 22.8 Å². The number of carbonyl (C=O) groups is 3. The van der Waals surface area contributed by atoms with Gasteiger partial charge in [0.2, 0.25) is 0 Å². The van der Waals surface area contributed by atoms with Crippen molar-refractivity contribution in [2.45, 2.75) is 26.7 Å². The molecule has 2 N–H and O–H groups in total. The molecule has 24 heavy (non-hydrogen) atoms. The number of aliphatic carboxylic acids is 2. The average molecular weight is 359 g/mol. The molecule has 0 aliphatic heterocycles. The Balaban J connectivity index is 3.52. The maximum atomic E-state index is 12.2. The molecule has 1 aromatic carbocycles. The van der Waals surface area contributed by atoms with Crippen LogP contribution < -0.4 is 9.47 Å². The predicted molar refractivity (Wildman–Crippen MR) is 86.5 cm³/mol. The van der Waals surface area contributed by atoms with Gasteiger partial charge in [0.15, 0.2) is 30.5 Å². The van der Waals surface area contributed by atoms with Gasteiger partial charge in [0.25, 0.3) is 0 Å². The van der Waals surface area contributed by atoms with Gasteiger partial charge in [-0.25, -0.2) is 9.59 Å². The first kappa shape index (κ1) is 19.8. The van der Waals surface area contributed by atoms with Crippen LogP contribution in [0.3, 0.4) is 0 Å². The molecule has 132 valence electrons. The second-order valence-electron chi connectivity index (χ2n) is 4.85. The van der Waals surface area contributed by atoms with Gasteiger partial charge in [0.05, 0.1) is 5.88 Å². The lowest BCUT2D eigenvalue weighted by molar-refractivity contribution is -0.140. The van der Waals surface area contributed by atoms with E-state index in [0.29, 0.717) is 29.5 Å². The molecule has 0 fully saturated rings. The molecule has 8 heteroatoms. The Kier molecular flexibility index (Phi) is 7.51. The quantitative estimate of drug-likeness (QED) is 0.487. The summed E-state index contributed by atoms with van der Waals surface area (Å²) in [5.41, 5.74) is 1.47. The number of halogens is 1. The standard InChI is InChI=1S/C16H19ClO7/c1-3-9-5-12(23-7-13(19)20)16(24-8-14(21)22)10(4-2)15(9)11(18)6-17/h5H,3-4,6-8H2,1-2H3,(H,19,20)(H,21,22). The normalized spacial score (nSPS) is 10.3. The Morgan fingerprint density at radius 3 is 2.08 bits per heavy atom. The number of carbonyl (C=O) groups excluding carboxylic acids is 1. The molecular formula is C16H19ClO7. The van der Waals surface area contributed by atoms with Crippen LogP contribution >= 0.6 is 11.6 Å². The third-order valence-electron chi connectivity index (χ3n) is 3.25. The van der Waals surface area contributed by atoms with Crippen LogP contribution in [-0.4, -0.2) is 47.0 Å². The van der Waals surface area contributed by atoms with E-state index in [9.17, 15) is 14.4 Å². The summed E-state index contributed by atoms with van der Waals surface area (Å²) in [6, 6.07) is 1.50. The lowest BCUT2D eigenvalue weighted by Gasteiger charge is -2.20. The molecular weight excluding hydrogens is 340 g/mol. The minimum Gasteiger partial charge on any atom is -0.479 e. The van der Waals surface area contributed by atoms with Gasteiger partial charge >= 0.3 is 11.9 Å². The van der Waals surface area contributed by atoms with E-state index >= 15 is 0 Å². The van der Waals surface area contributed by atoms with Crippen LogP contribution in [0.1, 0.15) is 35.3 Å². The summed E-state index contributed by atoms with van der Waals surface area (Å²) in [7, 11) is 0. The van der Waals surface area contributed by atoms with Crippen LogP contribution in [0, 0.1) is 0 Å². The summed E-state index contributed by atoms with van der Waals surface area (Å²) < 4.78 is 10.5. The second kappa shape index (κ2) is 9.12. The number of ketones is 1. The van der Waals surface area contributed by atoms with Crippen molar-refractivity contribution in [3.63, 3.8) is 0 Å². The third-order valence-corrected chi connectivity index (χ3v) is 3.49. The molecule has 0 amide bonds. The molecule has 0 spiro atoms. The molecule has 1 rings (SSSR count). The van der Waals surface area contributed by atoms with Gasteiger partial charge in [-0.2, -0.15) is 0 Å². The molecule has 1 aromatic rings. The van der Waals surface area contributed by atoms with Gasteiger partial charge in [-0.1, -0.05) is 13.8 Å². The molecule has 0 atom stereocenters. The number of ether oxygens (including phenoxy) is 2. The minimum atomic E-state index is -1.20. The average Bonchev–Trinajstić information content (AvgIpc) is 2.55. The smallest absolute Gasteiger partial charge is 0.341 e. The molecule has 0 radical (unpaired) electrons. The van der Waals surface area contributed by atoms with E-state index in [-0.39, 0.29) is 23.2 Å². The van der Waals surface area contributed by atoms with E-state index in [4.69, 9.17) is 31.3 Å². The maximum absolute atomic E-state index is 12.2. The van der Waals surface area contributed by atoms with Gasteiger partial charge in [-0.05, 0) is 24.5 Å². The molecule has 0 aliphatic rings. The van der Waals surface area contributed by atoms with E-state index in [1.54, 1.807) is 6.92 Å². The van der Waals surface area contributed by atoms with Gasteiger partial charge < -0.3 is 19.7 Å². The second-order valence-corrected chi connectivity index (χ2v) is 5.11. The van der Waals surface area contributed by atoms with Crippen LogP contribution in [0.25, 0.3) is 0 Å². The van der Waals surface area contributed by atoms with Crippen molar-refractivity contribution in [2.24, 2.45) is 0 Å². The Bertz CT molecular complexity index is 640. The Hall–Kier alpha value is -2.28. The fraction of sp³-hybridized carbons (Fsp3) is 0.438. The largest absolute Gasteiger partial charge is 0.479 e. The van der Waals surface area contributed by atoms with Crippen LogP contribution in [0.5, 0.6) is 11.5 Å². The van der Waals surface area contributed by atoms with E-state index in [1.165, 1.54) is 6.07 Å². The van der Waals surface area contributed by atoms with Gasteiger partial charge in [-0.15, -0.1) is 11.6 Å². The zero-order chi connectivity index (χ0) is 18.3. The number of carboxylic acid groups (broad SMARTS) is 2. The van der Waals surface area contributed by atoms with Crippen molar-refractivity contribution in [1.82, 2.24) is 0 Å². The van der Waals surface area contributed by atoms with Gasteiger partial charge in [0, 0.05) is 11.1 Å². The Labute approximate surface area is 144 Å². The topological polar surface area (TPSA) is 110 Å². The summed E-state index contributed by atoms with van der Waals surface area (Å²) in [6.07, 6.45) is 0.859. The van der Waals surface area contributed by atoms with Crippen molar-refractivity contribution in [1.29, 1.82) is 0 Å². The number of hydrogen-bond acceptors (Lipinski definition) is 5. The fourth-order valence-corrected chi connectivity index (χ4v) is 2.45. The Morgan fingerprint density at radius 1 is 1.04 bits per heavy atom. The van der Waals surface area contributed by atoms with Gasteiger partial charge in [-0.3, -0.25) is 4.79 Å². The van der Waals surface area contributed by atoms with E-state index in [0.717, 1.165) is 0 Å². The highest BCUT2D eigenvalue weighted by atomic mass is 35.5. The molecule has 7 nitrogen and oxygen atoms in total. The molecule has 0 aliphatic carbocycles. The molecule has 0 heterocycles. The molecule has 0 unspecified atom stereocenters. The number of Topliss-reactive ketones (excluding diaryl/α,β-unsaturated/α-hetero) is 1. The van der Waals surface area contributed by atoms with E-state index < -0.39 is 25.2 Å². The molecule has 0 saturated carbocycles. The monoisotopic (exact) mass is 358 g/mol. The third kappa shape index (κ3) is 4.86. The summed E-state index contributed by atoms with van der Waals surface area (Å²) in [4.78, 5) is 33.8. The molecule has 0 aromatic heterocycles.